The van der Waals surface area contributed by atoms with Crippen molar-refractivity contribution in [1.29, 1.82) is 0 Å². The van der Waals surface area contributed by atoms with E-state index in [2.05, 4.69) is 56.6 Å². The molecule has 0 saturated heterocycles. The Kier molecular flexibility index (Phi) is 8.33. The lowest BCUT2D eigenvalue weighted by Gasteiger charge is -2.53. The lowest BCUT2D eigenvalue weighted by molar-refractivity contribution is -0.114. The number of benzene rings is 1. The Labute approximate surface area is 231 Å². The van der Waals surface area contributed by atoms with E-state index in [1.807, 2.05) is 6.08 Å². The molecule has 0 spiro atoms. The first-order valence-electron chi connectivity index (χ1n) is 15.4. The van der Waals surface area contributed by atoms with Crippen LogP contribution in [0.15, 0.2) is 59.2 Å². The van der Waals surface area contributed by atoms with Crippen LogP contribution in [0.5, 0.6) is 0 Å². The summed E-state index contributed by atoms with van der Waals surface area (Å²) >= 11 is 0. The van der Waals surface area contributed by atoms with Gasteiger partial charge in [0, 0.05) is 38.2 Å². The molecule has 2 fully saturated rings. The van der Waals surface area contributed by atoms with E-state index in [1.165, 1.54) is 67.3 Å². The van der Waals surface area contributed by atoms with E-state index in [0.29, 0.717) is 42.0 Å². The summed E-state index contributed by atoms with van der Waals surface area (Å²) in [7, 11) is 2.21. The summed E-state index contributed by atoms with van der Waals surface area (Å²) in [6.45, 7) is 10.7. The highest BCUT2D eigenvalue weighted by Gasteiger charge is 2.56. The van der Waals surface area contributed by atoms with Crippen LogP contribution < -0.4 is 4.90 Å². The standard InChI is InChI=1S/C35H49NO2/c1-24(2)32-18-19-33-30-16-12-26-22-28(38)15-17-29(26)34(30)31(23-35(32,33)3)25-10-13-27(14-11-25)36(4)20-8-6-5-7-9-21-37/h10-11,13-14,22,30-33,37H,1,5-9,12,15-21,23H2,2-4H3. The second-order valence-electron chi connectivity index (χ2n) is 13.1. The first-order valence-corrected chi connectivity index (χ1v) is 15.4. The third kappa shape index (κ3) is 5.20. The van der Waals surface area contributed by atoms with Gasteiger partial charge in [0.05, 0.1) is 0 Å². The number of hydrogen-bond donors (Lipinski definition) is 1. The quantitative estimate of drug-likeness (QED) is 0.252. The zero-order valence-corrected chi connectivity index (χ0v) is 24.1. The van der Waals surface area contributed by atoms with Crippen LogP contribution in [0.4, 0.5) is 5.69 Å². The molecule has 3 nitrogen and oxygen atoms in total. The van der Waals surface area contributed by atoms with Crippen molar-refractivity contribution in [2.75, 3.05) is 25.1 Å². The number of fused-ring (bicyclic) bond motifs is 4. The van der Waals surface area contributed by atoms with Gasteiger partial charge in [-0.05, 0) is 116 Å². The van der Waals surface area contributed by atoms with E-state index in [1.54, 1.807) is 11.1 Å². The molecule has 38 heavy (non-hydrogen) atoms. The Morgan fingerprint density at radius 1 is 1.03 bits per heavy atom. The molecule has 3 heteroatoms. The summed E-state index contributed by atoms with van der Waals surface area (Å²) in [5.74, 6) is 2.78. The van der Waals surface area contributed by atoms with Gasteiger partial charge in [0.25, 0.3) is 0 Å². The molecular weight excluding hydrogens is 466 g/mol. The van der Waals surface area contributed by atoms with E-state index >= 15 is 0 Å². The smallest absolute Gasteiger partial charge is 0.156 e. The molecule has 2 saturated carbocycles. The maximum absolute atomic E-state index is 12.3. The maximum atomic E-state index is 12.3. The number of unbranched alkanes of at least 4 members (excludes halogenated alkanes) is 4. The van der Waals surface area contributed by atoms with Gasteiger partial charge in [-0.1, -0.05) is 56.0 Å². The SMILES string of the molecule is C=C(C)C1CCC2C3CCC4=CC(=O)CCC4=C3C(c3ccc(N(C)CCCCCCCO)cc3)CC12C. The average Bonchev–Trinajstić information content (AvgIpc) is 3.27. The molecule has 0 bridgehead atoms. The molecule has 5 unspecified atom stereocenters. The zero-order valence-electron chi connectivity index (χ0n) is 24.1. The molecule has 1 aromatic carbocycles. The van der Waals surface area contributed by atoms with Gasteiger partial charge < -0.3 is 10.0 Å². The Balaban J connectivity index is 1.41. The van der Waals surface area contributed by atoms with Crippen molar-refractivity contribution >= 4 is 11.5 Å². The van der Waals surface area contributed by atoms with Gasteiger partial charge in [-0.3, -0.25) is 4.79 Å². The van der Waals surface area contributed by atoms with Crippen LogP contribution in [0.3, 0.4) is 0 Å². The van der Waals surface area contributed by atoms with Crippen LogP contribution >= 0.6 is 0 Å². The van der Waals surface area contributed by atoms with Crippen molar-refractivity contribution in [1.82, 2.24) is 0 Å². The molecule has 0 heterocycles. The summed E-state index contributed by atoms with van der Waals surface area (Å²) in [4.78, 5) is 14.7. The Bertz CT molecular complexity index is 1100. The molecule has 1 N–H and O–H groups in total. The summed E-state index contributed by atoms with van der Waals surface area (Å²) < 4.78 is 0. The third-order valence-electron chi connectivity index (χ3n) is 10.7. The van der Waals surface area contributed by atoms with Crippen LogP contribution in [-0.4, -0.2) is 31.1 Å². The van der Waals surface area contributed by atoms with Crippen molar-refractivity contribution in [3.63, 3.8) is 0 Å². The molecule has 5 atom stereocenters. The minimum atomic E-state index is 0.308. The van der Waals surface area contributed by atoms with E-state index in [0.717, 1.165) is 38.1 Å². The van der Waals surface area contributed by atoms with E-state index in [-0.39, 0.29) is 0 Å². The number of aliphatic hydroxyl groups excluding tert-OH is 1. The summed E-state index contributed by atoms with van der Waals surface area (Å²) in [5.41, 5.74) is 9.04. The zero-order chi connectivity index (χ0) is 26.9. The minimum absolute atomic E-state index is 0.308. The Morgan fingerprint density at radius 3 is 2.50 bits per heavy atom. The Hall–Kier alpha value is -2.13. The van der Waals surface area contributed by atoms with Crippen molar-refractivity contribution in [2.24, 2.45) is 23.2 Å². The predicted octanol–water partition coefficient (Wildman–Crippen LogP) is 8.16. The minimum Gasteiger partial charge on any atom is -0.396 e. The highest BCUT2D eigenvalue weighted by atomic mass is 16.2. The second-order valence-corrected chi connectivity index (χ2v) is 13.1. The Morgan fingerprint density at radius 2 is 1.76 bits per heavy atom. The third-order valence-corrected chi connectivity index (χ3v) is 10.7. The topological polar surface area (TPSA) is 40.5 Å². The highest BCUT2D eigenvalue weighted by Crippen LogP contribution is 2.66. The average molecular weight is 516 g/mol. The van der Waals surface area contributed by atoms with Crippen LogP contribution in [0, 0.1) is 23.2 Å². The number of carbonyl (C=O) groups is 1. The second kappa shape index (κ2) is 11.5. The van der Waals surface area contributed by atoms with E-state index in [9.17, 15) is 4.79 Å². The number of aliphatic hydroxyl groups is 1. The molecule has 0 aromatic heterocycles. The van der Waals surface area contributed by atoms with Crippen LogP contribution in [0.1, 0.15) is 102 Å². The number of ketones is 1. The first-order chi connectivity index (χ1) is 18.3. The van der Waals surface area contributed by atoms with E-state index < -0.39 is 0 Å². The molecule has 0 aliphatic heterocycles. The molecule has 0 amide bonds. The van der Waals surface area contributed by atoms with Crippen molar-refractivity contribution < 1.29 is 9.90 Å². The fourth-order valence-electron chi connectivity index (χ4n) is 8.85. The molecule has 4 aliphatic carbocycles. The van der Waals surface area contributed by atoms with Gasteiger partial charge in [-0.15, -0.1) is 0 Å². The molecular formula is C35H49NO2. The number of allylic oxidation sites excluding steroid dienone is 5. The van der Waals surface area contributed by atoms with Crippen molar-refractivity contribution in [2.45, 2.75) is 96.8 Å². The maximum Gasteiger partial charge on any atom is 0.156 e. The number of anilines is 1. The number of rotatable bonds is 10. The monoisotopic (exact) mass is 515 g/mol. The van der Waals surface area contributed by atoms with Crippen LogP contribution in [0.2, 0.25) is 0 Å². The lowest BCUT2D eigenvalue weighted by Crippen LogP contribution is -2.43. The van der Waals surface area contributed by atoms with Gasteiger partial charge in [-0.2, -0.15) is 0 Å². The molecule has 1 aromatic rings. The number of carbonyl (C=O) groups excluding carboxylic acids is 1. The normalized spacial score (nSPS) is 30.4. The van der Waals surface area contributed by atoms with Crippen LogP contribution in [0.25, 0.3) is 0 Å². The van der Waals surface area contributed by atoms with Gasteiger partial charge in [0.1, 0.15) is 0 Å². The predicted molar refractivity (Wildman–Crippen MR) is 158 cm³/mol. The number of nitrogens with zero attached hydrogens (tertiary/aromatic N) is 1. The highest BCUT2D eigenvalue weighted by molar-refractivity contribution is 5.93. The van der Waals surface area contributed by atoms with E-state index in [4.69, 9.17) is 5.11 Å². The first kappa shape index (κ1) is 27.4. The summed E-state index contributed by atoms with van der Waals surface area (Å²) in [6.07, 6.45) is 15.4. The molecule has 0 radical (unpaired) electrons. The fourth-order valence-corrected chi connectivity index (χ4v) is 8.85. The molecule has 5 rings (SSSR count). The van der Waals surface area contributed by atoms with Gasteiger partial charge in [-0.25, -0.2) is 0 Å². The van der Waals surface area contributed by atoms with Gasteiger partial charge >= 0.3 is 0 Å². The lowest BCUT2D eigenvalue weighted by atomic mass is 9.51. The van der Waals surface area contributed by atoms with Crippen molar-refractivity contribution in [3.05, 3.63) is 64.8 Å². The number of hydrogen-bond acceptors (Lipinski definition) is 3. The summed E-state index contributed by atoms with van der Waals surface area (Å²) in [5, 5.41) is 8.97. The van der Waals surface area contributed by atoms with Crippen molar-refractivity contribution in [3.8, 4) is 0 Å². The largest absolute Gasteiger partial charge is 0.396 e. The molecule has 4 aliphatic rings. The molecule has 206 valence electrons. The van der Waals surface area contributed by atoms with Gasteiger partial charge in [0.15, 0.2) is 5.78 Å². The van der Waals surface area contributed by atoms with Crippen LogP contribution in [-0.2, 0) is 4.79 Å². The van der Waals surface area contributed by atoms with Gasteiger partial charge in [0.2, 0.25) is 0 Å². The summed E-state index contributed by atoms with van der Waals surface area (Å²) in [6, 6.07) is 9.49. The fraction of sp³-hybridized carbons (Fsp3) is 0.629.